The van der Waals surface area contributed by atoms with E-state index in [9.17, 15) is 13.2 Å². The summed E-state index contributed by atoms with van der Waals surface area (Å²) in [5.74, 6) is -0.520. The van der Waals surface area contributed by atoms with Crippen LogP contribution >= 0.6 is 0 Å². The molecule has 0 aliphatic carbocycles. The fourth-order valence-electron chi connectivity index (χ4n) is 3.70. The number of aromatic amines is 1. The number of carbonyl (C=O) groups excluding carboxylic acids is 1. The number of nitrogens with zero attached hydrogens (tertiary/aromatic N) is 1. The van der Waals surface area contributed by atoms with Crippen molar-refractivity contribution < 1.29 is 13.2 Å². The minimum atomic E-state index is -3.36. The molecule has 3 N–H and O–H groups in total. The fraction of sp³-hybridized carbons (Fsp3) is 0.182. The minimum absolute atomic E-state index is 0.0164. The van der Waals surface area contributed by atoms with Crippen LogP contribution in [0.5, 0.6) is 0 Å². The number of rotatable bonds is 4. The molecule has 0 spiro atoms. The van der Waals surface area contributed by atoms with E-state index in [1.807, 2.05) is 26.0 Å². The van der Waals surface area contributed by atoms with E-state index in [2.05, 4.69) is 9.97 Å². The average molecular weight is 407 g/mol. The molecule has 0 saturated heterocycles. The van der Waals surface area contributed by atoms with E-state index < -0.39 is 15.7 Å². The van der Waals surface area contributed by atoms with Gasteiger partial charge in [0.15, 0.2) is 9.84 Å². The molecule has 4 aromatic rings. The van der Waals surface area contributed by atoms with Crippen LogP contribution in [0, 0.1) is 13.8 Å². The number of hydrogen-bond donors (Lipinski definition) is 2. The van der Waals surface area contributed by atoms with Gasteiger partial charge in [-0.3, -0.25) is 4.79 Å². The zero-order valence-electron chi connectivity index (χ0n) is 16.4. The largest absolute Gasteiger partial charge is 0.366 e. The van der Waals surface area contributed by atoms with Crippen molar-refractivity contribution in [3.05, 3.63) is 59.3 Å². The SMILES string of the molecule is CCS(=O)(=O)c1cccc(-c2cc(C(N)=O)c(C)c3[nH]c4ncc(C)cc4c23)c1. The summed E-state index contributed by atoms with van der Waals surface area (Å²) in [5, 5.41) is 1.81. The molecule has 0 unspecified atom stereocenters. The molecule has 7 heteroatoms. The highest BCUT2D eigenvalue weighted by atomic mass is 32.2. The number of amides is 1. The van der Waals surface area contributed by atoms with Crippen LogP contribution in [0.3, 0.4) is 0 Å². The second-order valence-corrected chi connectivity index (χ2v) is 9.45. The van der Waals surface area contributed by atoms with E-state index >= 15 is 0 Å². The summed E-state index contributed by atoms with van der Waals surface area (Å²) in [6.07, 6.45) is 1.77. The first kappa shape index (κ1) is 19.1. The van der Waals surface area contributed by atoms with Crippen molar-refractivity contribution in [3.63, 3.8) is 0 Å². The molecular weight excluding hydrogens is 386 g/mol. The van der Waals surface area contributed by atoms with Gasteiger partial charge in [0.25, 0.3) is 0 Å². The summed E-state index contributed by atoms with van der Waals surface area (Å²) in [6.45, 7) is 5.42. The van der Waals surface area contributed by atoms with E-state index in [0.717, 1.165) is 33.0 Å². The second kappa shape index (κ2) is 6.70. The summed E-state index contributed by atoms with van der Waals surface area (Å²) in [4.78, 5) is 20.1. The molecule has 148 valence electrons. The molecule has 0 saturated carbocycles. The van der Waals surface area contributed by atoms with E-state index in [0.29, 0.717) is 16.8 Å². The van der Waals surface area contributed by atoms with E-state index in [4.69, 9.17) is 5.73 Å². The Labute approximate surface area is 168 Å². The van der Waals surface area contributed by atoms with Gasteiger partial charge in [0.1, 0.15) is 5.65 Å². The van der Waals surface area contributed by atoms with Crippen molar-refractivity contribution in [2.75, 3.05) is 5.75 Å². The Morgan fingerprint density at radius 2 is 1.93 bits per heavy atom. The van der Waals surface area contributed by atoms with Gasteiger partial charge in [-0.1, -0.05) is 19.1 Å². The summed E-state index contributed by atoms with van der Waals surface area (Å²) < 4.78 is 24.8. The molecule has 29 heavy (non-hydrogen) atoms. The maximum atomic E-state index is 12.4. The first-order valence-corrected chi connectivity index (χ1v) is 10.9. The van der Waals surface area contributed by atoms with Crippen molar-refractivity contribution in [1.82, 2.24) is 9.97 Å². The molecule has 0 atom stereocenters. The second-order valence-electron chi connectivity index (χ2n) is 7.18. The van der Waals surface area contributed by atoms with Gasteiger partial charge in [0, 0.05) is 22.5 Å². The maximum absolute atomic E-state index is 12.4. The summed E-state index contributed by atoms with van der Waals surface area (Å²) in [7, 11) is -3.36. The van der Waals surface area contributed by atoms with Crippen molar-refractivity contribution in [2.24, 2.45) is 5.73 Å². The quantitative estimate of drug-likeness (QED) is 0.535. The highest BCUT2D eigenvalue weighted by molar-refractivity contribution is 7.91. The highest BCUT2D eigenvalue weighted by Gasteiger charge is 2.20. The number of primary amides is 1. The van der Waals surface area contributed by atoms with Gasteiger partial charge < -0.3 is 10.7 Å². The third-order valence-electron chi connectivity index (χ3n) is 5.27. The van der Waals surface area contributed by atoms with E-state index in [1.165, 1.54) is 0 Å². The molecule has 6 nitrogen and oxygen atoms in total. The van der Waals surface area contributed by atoms with Crippen molar-refractivity contribution in [1.29, 1.82) is 0 Å². The van der Waals surface area contributed by atoms with Crippen LogP contribution in [0.4, 0.5) is 0 Å². The van der Waals surface area contributed by atoms with Crippen molar-refractivity contribution >= 4 is 37.7 Å². The van der Waals surface area contributed by atoms with Gasteiger partial charge >= 0.3 is 0 Å². The fourth-order valence-corrected chi connectivity index (χ4v) is 4.63. The van der Waals surface area contributed by atoms with Crippen molar-refractivity contribution in [2.45, 2.75) is 25.7 Å². The van der Waals surface area contributed by atoms with Crippen LogP contribution in [0.15, 0.2) is 47.5 Å². The normalized spacial score (nSPS) is 12.0. The Kier molecular flexibility index (Phi) is 4.42. The molecule has 2 aromatic carbocycles. The van der Waals surface area contributed by atoms with Crippen molar-refractivity contribution in [3.8, 4) is 11.1 Å². The number of aryl methyl sites for hydroxylation is 2. The average Bonchev–Trinajstić information content (AvgIpc) is 3.07. The standard InChI is InChI=1S/C22H21N3O3S/c1-4-29(27,28)15-7-5-6-14(9-15)17-10-16(21(23)26)13(3)20-19(17)18-8-12(2)11-24-22(18)25-20/h5-11H,4H2,1-3H3,(H2,23,26)(H,24,25). The summed E-state index contributed by atoms with van der Waals surface area (Å²) in [6, 6.07) is 10.6. The number of hydrogen-bond acceptors (Lipinski definition) is 4. The van der Waals surface area contributed by atoms with Gasteiger partial charge in [-0.05, 0) is 60.4 Å². The van der Waals surface area contributed by atoms with Crippen LogP contribution in [-0.4, -0.2) is 30.0 Å². The first-order valence-electron chi connectivity index (χ1n) is 9.27. The van der Waals surface area contributed by atoms with E-state index in [1.54, 1.807) is 37.4 Å². The zero-order valence-corrected chi connectivity index (χ0v) is 17.2. The number of sulfone groups is 1. The Morgan fingerprint density at radius 3 is 2.62 bits per heavy atom. The molecule has 0 radical (unpaired) electrons. The Morgan fingerprint density at radius 1 is 1.17 bits per heavy atom. The van der Waals surface area contributed by atoms with Gasteiger partial charge in [-0.2, -0.15) is 0 Å². The van der Waals surface area contributed by atoms with Gasteiger partial charge in [-0.25, -0.2) is 13.4 Å². The predicted molar refractivity (Wildman–Crippen MR) is 115 cm³/mol. The number of benzene rings is 2. The van der Waals surface area contributed by atoms with Crippen LogP contribution in [-0.2, 0) is 9.84 Å². The minimum Gasteiger partial charge on any atom is -0.366 e. The number of H-pyrrole nitrogens is 1. The molecule has 2 aromatic heterocycles. The molecule has 0 fully saturated rings. The van der Waals surface area contributed by atoms with Crippen LogP contribution in [0.2, 0.25) is 0 Å². The van der Waals surface area contributed by atoms with Gasteiger partial charge in [0.2, 0.25) is 5.91 Å². The Bertz CT molecular complexity index is 1400. The molecule has 2 heterocycles. The Hall–Kier alpha value is -3.19. The Balaban J connectivity index is 2.15. The number of nitrogens with two attached hydrogens (primary N) is 1. The molecule has 0 aliphatic heterocycles. The maximum Gasteiger partial charge on any atom is 0.249 e. The van der Waals surface area contributed by atoms with Crippen LogP contribution in [0.25, 0.3) is 33.1 Å². The lowest BCUT2D eigenvalue weighted by atomic mass is 9.93. The number of nitrogens with one attached hydrogen (secondary N) is 1. The van der Waals surface area contributed by atoms with Gasteiger partial charge in [-0.15, -0.1) is 0 Å². The molecule has 0 aliphatic rings. The molecule has 0 bridgehead atoms. The van der Waals surface area contributed by atoms with Crippen LogP contribution < -0.4 is 5.73 Å². The lowest BCUT2D eigenvalue weighted by Gasteiger charge is -2.12. The molecule has 4 rings (SSSR count). The number of fused-ring (bicyclic) bond motifs is 3. The lowest BCUT2D eigenvalue weighted by molar-refractivity contribution is 0.1000. The summed E-state index contributed by atoms with van der Waals surface area (Å²) in [5.41, 5.74) is 10.7. The molecular formula is C22H21N3O3S. The number of aromatic nitrogens is 2. The predicted octanol–water partition coefficient (Wildman–Crippen LogP) is 3.89. The third-order valence-corrected chi connectivity index (χ3v) is 7.01. The van der Waals surface area contributed by atoms with Crippen LogP contribution in [0.1, 0.15) is 28.4 Å². The zero-order chi connectivity index (χ0) is 20.9. The number of pyridine rings is 1. The first-order chi connectivity index (χ1) is 13.7. The summed E-state index contributed by atoms with van der Waals surface area (Å²) >= 11 is 0. The van der Waals surface area contributed by atoms with Gasteiger partial charge in [0.05, 0.1) is 16.2 Å². The van der Waals surface area contributed by atoms with E-state index in [-0.39, 0.29) is 10.6 Å². The lowest BCUT2D eigenvalue weighted by Crippen LogP contribution is -2.13. The highest BCUT2D eigenvalue weighted by Crippen LogP contribution is 2.38. The smallest absolute Gasteiger partial charge is 0.249 e. The monoisotopic (exact) mass is 407 g/mol. The topological polar surface area (TPSA) is 106 Å². The third kappa shape index (κ3) is 3.07. The molecule has 1 amide bonds. The number of carbonyl (C=O) groups is 1.